The molecule has 5 nitrogen and oxygen atoms in total. The van der Waals surface area contributed by atoms with Crippen LogP contribution in [0.4, 0.5) is 0 Å². The second-order valence-electron chi connectivity index (χ2n) is 5.65. The van der Waals surface area contributed by atoms with E-state index in [2.05, 4.69) is 17.5 Å². The lowest BCUT2D eigenvalue weighted by atomic mass is 10.1. The summed E-state index contributed by atoms with van der Waals surface area (Å²) in [6.07, 6.45) is 1.18. The Bertz CT molecular complexity index is 711. The SMILES string of the molecule is O=C(O)C1CN(C(=O)CCCc2csc3ccccc23)CCO1. The van der Waals surface area contributed by atoms with Gasteiger partial charge in [-0.25, -0.2) is 4.79 Å². The Morgan fingerprint density at radius 1 is 1.35 bits per heavy atom. The van der Waals surface area contributed by atoms with E-state index in [0.29, 0.717) is 13.0 Å². The molecule has 1 saturated heterocycles. The molecule has 1 unspecified atom stereocenters. The van der Waals surface area contributed by atoms with Crippen molar-refractivity contribution in [1.29, 1.82) is 0 Å². The number of aryl methyl sites for hydroxylation is 1. The first kappa shape index (κ1) is 16.0. The number of amides is 1. The average molecular weight is 333 g/mol. The largest absolute Gasteiger partial charge is 0.479 e. The number of rotatable bonds is 5. The number of nitrogens with zero attached hydrogens (tertiary/aromatic N) is 1. The van der Waals surface area contributed by atoms with E-state index in [9.17, 15) is 9.59 Å². The van der Waals surface area contributed by atoms with Crippen molar-refractivity contribution in [3.63, 3.8) is 0 Å². The maximum atomic E-state index is 12.2. The number of carbonyl (C=O) groups is 2. The van der Waals surface area contributed by atoms with E-state index in [4.69, 9.17) is 9.84 Å². The Hall–Kier alpha value is -1.92. The highest BCUT2D eigenvalue weighted by molar-refractivity contribution is 7.17. The molecule has 0 bridgehead atoms. The summed E-state index contributed by atoms with van der Waals surface area (Å²) in [5.41, 5.74) is 1.28. The number of thiophene rings is 1. The maximum absolute atomic E-state index is 12.2. The highest BCUT2D eigenvalue weighted by Crippen LogP contribution is 2.26. The van der Waals surface area contributed by atoms with Crippen molar-refractivity contribution < 1.29 is 19.4 Å². The Morgan fingerprint density at radius 2 is 2.17 bits per heavy atom. The lowest BCUT2D eigenvalue weighted by Gasteiger charge is -2.30. The molecule has 1 N–H and O–H groups in total. The summed E-state index contributed by atoms with van der Waals surface area (Å²) in [6, 6.07) is 8.28. The van der Waals surface area contributed by atoms with E-state index in [1.807, 2.05) is 12.1 Å². The molecule has 1 aliphatic rings. The molecule has 1 aromatic carbocycles. The number of ether oxygens (including phenoxy) is 1. The summed E-state index contributed by atoms with van der Waals surface area (Å²) in [5, 5.41) is 12.4. The molecular weight excluding hydrogens is 314 g/mol. The van der Waals surface area contributed by atoms with E-state index in [1.54, 1.807) is 16.2 Å². The highest BCUT2D eigenvalue weighted by atomic mass is 32.1. The van der Waals surface area contributed by atoms with Crippen LogP contribution in [0.25, 0.3) is 10.1 Å². The quantitative estimate of drug-likeness (QED) is 0.913. The predicted octanol–water partition coefficient (Wildman–Crippen LogP) is 2.54. The second-order valence-corrected chi connectivity index (χ2v) is 6.56. The number of hydrogen-bond donors (Lipinski definition) is 1. The molecule has 1 amide bonds. The van der Waals surface area contributed by atoms with E-state index in [-0.39, 0.29) is 19.1 Å². The van der Waals surface area contributed by atoms with Crippen molar-refractivity contribution in [2.75, 3.05) is 19.7 Å². The van der Waals surface area contributed by atoms with Crippen LogP contribution in [-0.2, 0) is 20.7 Å². The van der Waals surface area contributed by atoms with Crippen molar-refractivity contribution in [3.05, 3.63) is 35.2 Å². The summed E-state index contributed by atoms with van der Waals surface area (Å²) in [7, 11) is 0. The van der Waals surface area contributed by atoms with Gasteiger partial charge < -0.3 is 14.7 Å². The van der Waals surface area contributed by atoms with Gasteiger partial charge >= 0.3 is 5.97 Å². The van der Waals surface area contributed by atoms with Gasteiger partial charge in [-0.15, -0.1) is 11.3 Å². The lowest BCUT2D eigenvalue weighted by molar-refractivity contribution is -0.159. The van der Waals surface area contributed by atoms with Crippen molar-refractivity contribution in [2.24, 2.45) is 0 Å². The molecule has 0 saturated carbocycles. The minimum Gasteiger partial charge on any atom is -0.479 e. The monoisotopic (exact) mass is 333 g/mol. The van der Waals surface area contributed by atoms with Gasteiger partial charge in [0.25, 0.3) is 0 Å². The van der Waals surface area contributed by atoms with Crippen molar-refractivity contribution in [3.8, 4) is 0 Å². The molecule has 6 heteroatoms. The predicted molar refractivity (Wildman–Crippen MR) is 88.7 cm³/mol. The number of hydrogen-bond acceptors (Lipinski definition) is 4. The normalized spacial score (nSPS) is 18.3. The van der Waals surface area contributed by atoms with Crippen LogP contribution in [0, 0.1) is 0 Å². The zero-order valence-corrected chi connectivity index (χ0v) is 13.6. The fourth-order valence-corrected chi connectivity index (χ4v) is 3.84. The standard InChI is InChI=1S/C17H19NO4S/c19-16(18-8-9-22-14(10-18)17(20)21)7-3-4-12-11-23-15-6-2-1-5-13(12)15/h1-2,5-6,11,14H,3-4,7-10H2,(H,20,21). The van der Waals surface area contributed by atoms with Crippen LogP contribution in [0.15, 0.2) is 29.6 Å². The van der Waals surface area contributed by atoms with E-state index in [1.165, 1.54) is 15.6 Å². The van der Waals surface area contributed by atoms with Gasteiger partial charge in [0, 0.05) is 17.7 Å². The molecule has 1 aromatic heterocycles. The number of carbonyl (C=O) groups excluding carboxylic acids is 1. The Kier molecular flexibility index (Phi) is 4.93. The molecule has 0 radical (unpaired) electrons. The number of carboxylic acids is 1. The fourth-order valence-electron chi connectivity index (χ4n) is 2.84. The number of fused-ring (bicyclic) bond motifs is 1. The molecule has 23 heavy (non-hydrogen) atoms. The van der Waals surface area contributed by atoms with Crippen molar-refractivity contribution in [1.82, 2.24) is 4.90 Å². The molecule has 2 heterocycles. The molecule has 2 aromatic rings. The third-order valence-corrected chi connectivity index (χ3v) is 5.10. The van der Waals surface area contributed by atoms with Crippen LogP contribution < -0.4 is 0 Å². The summed E-state index contributed by atoms with van der Waals surface area (Å²) in [6.45, 7) is 0.914. The zero-order valence-electron chi connectivity index (χ0n) is 12.7. The molecule has 0 spiro atoms. The number of aliphatic carboxylic acids is 1. The molecular formula is C17H19NO4S. The zero-order chi connectivity index (χ0) is 16.2. The molecule has 122 valence electrons. The third kappa shape index (κ3) is 3.71. The highest BCUT2D eigenvalue weighted by Gasteiger charge is 2.28. The van der Waals surface area contributed by atoms with Crippen LogP contribution in [0.3, 0.4) is 0 Å². The van der Waals surface area contributed by atoms with Gasteiger partial charge in [0.05, 0.1) is 13.2 Å². The van der Waals surface area contributed by atoms with Crippen LogP contribution >= 0.6 is 11.3 Å². The van der Waals surface area contributed by atoms with E-state index in [0.717, 1.165) is 12.8 Å². The minimum atomic E-state index is -1.01. The fraction of sp³-hybridized carbons (Fsp3) is 0.412. The smallest absolute Gasteiger partial charge is 0.334 e. The van der Waals surface area contributed by atoms with Gasteiger partial charge in [0.1, 0.15) is 0 Å². The lowest BCUT2D eigenvalue weighted by Crippen LogP contribution is -2.48. The molecule has 3 rings (SSSR count). The Morgan fingerprint density at radius 3 is 3.00 bits per heavy atom. The average Bonchev–Trinajstić information content (AvgIpc) is 2.98. The van der Waals surface area contributed by atoms with Crippen molar-refractivity contribution >= 4 is 33.3 Å². The maximum Gasteiger partial charge on any atom is 0.334 e. The Labute approximate surface area is 138 Å². The number of benzene rings is 1. The topological polar surface area (TPSA) is 66.8 Å². The number of carboxylic acid groups (broad SMARTS) is 1. The van der Waals surface area contributed by atoms with Gasteiger partial charge in [0.15, 0.2) is 6.10 Å². The first-order chi connectivity index (χ1) is 11.1. The van der Waals surface area contributed by atoms with Gasteiger partial charge in [-0.2, -0.15) is 0 Å². The minimum absolute atomic E-state index is 0.0130. The summed E-state index contributed by atoms with van der Waals surface area (Å²) >= 11 is 1.73. The Balaban J connectivity index is 1.52. The van der Waals surface area contributed by atoms with Gasteiger partial charge in [0.2, 0.25) is 5.91 Å². The summed E-state index contributed by atoms with van der Waals surface area (Å²) in [4.78, 5) is 24.8. The van der Waals surface area contributed by atoms with Crippen LogP contribution in [-0.4, -0.2) is 47.7 Å². The van der Waals surface area contributed by atoms with Gasteiger partial charge in [-0.3, -0.25) is 4.79 Å². The van der Waals surface area contributed by atoms with Crippen LogP contribution in [0.5, 0.6) is 0 Å². The summed E-state index contributed by atoms with van der Waals surface area (Å²) in [5.74, 6) is -0.994. The van der Waals surface area contributed by atoms with E-state index < -0.39 is 12.1 Å². The summed E-state index contributed by atoms with van der Waals surface area (Å²) < 4.78 is 6.41. The molecule has 1 fully saturated rings. The molecule has 1 atom stereocenters. The second kappa shape index (κ2) is 7.10. The van der Waals surface area contributed by atoms with Gasteiger partial charge in [-0.05, 0) is 35.2 Å². The molecule has 0 aliphatic carbocycles. The first-order valence-corrected chi connectivity index (χ1v) is 8.60. The van der Waals surface area contributed by atoms with Crippen LogP contribution in [0.1, 0.15) is 18.4 Å². The van der Waals surface area contributed by atoms with Crippen molar-refractivity contribution in [2.45, 2.75) is 25.4 Å². The van der Waals surface area contributed by atoms with Crippen LogP contribution in [0.2, 0.25) is 0 Å². The van der Waals surface area contributed by atoms with Gasteiger partial charge in [-0.1, -0.05) is 18.2 Å². The van der Waals surface area contributed by atoms with E-state index >= 15 is 0 Å². The molecule has 1 aliphatic heterocycles. The first-order valence-electron chi connectivity index (χ1n) is 7.72. The number of morpholine rings is 1. The third-order valence-electron chi connectivity index (χ3n) is 4.09.